The highest BCUT2D eigenvalue weighted by atomic mass is 15.0. The van der Waals surface area contributed by atoms with Crippen LogP contribution in [0.1, 0.15) is 11.1 Å². The third-order valence-corrected chi connectivity index (χ3v) is 7.79. The van der Waals surface area contributed by atoms with Crippen molar-refractivity contribution >= 4 is 66.4 Å². The fourth-order valence-electron chi connectivity index (χ4n) is 5.87. The molecule has 8 rings (SSSR count). The lowest BCUT2D eigenvalue weighted by atomic mass is 10.1. The van der Waals surface area contributed by atoms with Gasteiger partial charge in [-0.25, -0.2) is 4.99 Å². The maximum atomic E-state index is 8.26. The molecule has 0 aliphatic rings. The maximum absolute atomic E-state index is 8.26. The summed E-state index contributed by atoms with van der Waals surface area (Å²) < 4.78 is 2.37. The van der Waals surface area contributed by atoms with Crippen molar-refractivity contribution in [1.29, 1.82) is 5.41 Å². The average Bonchev–Trinajstić information content (AvgIpc) is 3.53. The molecule has 4 heteroatoms. The monoisotopic (exact) mass is 512 g/mol. The molecule has 0 radical (unpaired) electrons. The van der Waals surface area contributed by atoms with Crippen LogP contribution in [-0.2, 0) is 0 Å². The van der Waals surface area contributed by atoms with Crippen LogP contribution < -0.4 is 0 Å². The van der Waals surface area contributed by atoms with Gasteiger partial charge in [0.15, 0.2) is 5.84 Å². The van der Waals surface area contributed by atoms with Crippen molar-refractivity contribution in [2.75, 3.05) is 0 Å². The second-order valence-corrected chi connectivity index (χ2v) is 10.2. The molecule has 2 aromatic heterocycles. The van der Waals surface area contributed by atoms with Gasteiger partial charge in [-0.3, -0.25) is 5.41 Å². The van der Waals surface area contributed by atoms with E-state index in [0.29, 0.717) is 0 Å². The fourth-order valence-corrected chi connectivity index (χ4v) is 5.87. The van der Waals surface area contributed by atoms with E-state index in [4.69, 9.17) is 5.41 Å². The van der Waals surface area contributed by atoms with E-state index in [1.54, 1.807) is 6.21 Å². The van der Waals surface area contributed by atoms with E-state index in [9.17, 15) is 0 Å². The molecule has 0 amide bonds. The molecule has 0 aliphatic heterocycles. The van der Waals surface area contributed by atoms with Crippen LogP contribution in [0.15, 0.2) is 132 Å². The van der Waals surface area contributed by atoms with Crippen LogP contribution in [0.4, 0.5) is 0 Å². The number of aromatic amines is 1. The van der Waals surface area contributed by atoms with Gasteiger partial charge in [-0.15, -0.1) is 0 Å². The number of para-hydroxylation sites is 2. The molecule has 0 aliphatic carbocycles. The third kappa shape index (κ3) is 3.54. The Kier molecular flexibility index (Phi) is 4.94. The van der Waals surface area contributed by atoms with Crippen molar-refractivity contribution < 1.29 is 0 Å². The number of hydrogen-bond acceptors (Lipinski definition) is 1. The molecule has 0 atom stereocenters. The van der Waals surface area contributed by atoms with E-state index in [0.717, 1.165) is 38.6 Å². The van der Waals surface area contributed by atoms with E-state index in [-0.39, 0.29) is 5.84 Å². The molecule has 40 heavy (non-hydrogen) atoms. The van der Waals surface area contributed by atoms with Crippen molar-refractivity contribution in [3.05, 3.63) is 139 Å². The number of nitrogens with zero attached hydrogens (tertiary/aromatic N) is 2. The second-order valence-electron chi connectivity index (χ2n) is 10.2. The minimum atomic E-state index is 0.256. The lowest BCUT2D eigenvalue weighted by molar-refractivity contribution is 1.19. The number of benzene rings is 6. The van der Waals surface area contributed by atoms with Crippen LogP contribution in [-0.4, -0.2) is 21.6 Å². The summed E-state index contributed by atoms with van der Waals surface area (Å²) in [7, 11) is 0. The summed E-state index contributed by atoms with van der Waals surface area (Å²) in [6.45, 7) is 0. The number of hydrogen-bond donors (Lipinski definition) is 2. The number of amidine groups is 1. The molecule has 6 aromatic carbocycles. The van der Waals surface area contributed by atoms with Crippen molar-refractivity contribution in [2.45, 2.75) is 0 Å². The van der Waals surface area contributed by atoms with Gasteiger partial charge in [-0.2, -0.15) is 0 Å². The standard InChI is InChI=1S/C36H24N4/c37-36(24-8-2-1-3-9-24)38-22-23-14-15-26-19-27(17-16-25(26)18-23)40-34-13-7-5-11-29(34)31-20-30-28-10-4-6-12-32(28)39-33(30)21-35(31)40/h1-22,37,39H/b37-36?,38-22+. The van der Waals surface area contributed by atoms with E-state index in [2.05, 4.69) is 112 Å². The number of H-pyrrole nitrogens is 1. The van der Waals surface area contributed by atoms with E-state index in [1.165, 1.54) is 32.6 Å². The quantitative estimate of drug-likeness (QED) is 0.175. The van der Waals surface area contributed by atoms with Crippen LogP contribution in [0, 0.1) is 5.41 Å². The zero-order chi connectivity index (χ0) is 26.6. The van der Waals surface area contributed by atoms with Gasteiger partial charge in [0.2, 0.25) is 0 Å². The molecule has 0 bridgehead atoms. The van der Waals surface area contributed by atoms with Crippen molar-refractivity contribution in [1.82, 2.24) is 9.55 Å². The molecule has 4 nitrogen and oxygen atoms in total. The van der Waals surface area contributed by atoms with E-state index < -0.39 is 0 Å². The summed E-state index contributed by atoms with van der Waals surface area (Å²) in [5.74, 6) is 0.256. The first-order valence-electron chi connectivity index (χ1n) is 13.4. The lowest BCUT2D eigenvalue weighted by Crippen LogP contribution is -1.96. The lowest BCUT2D eigenvalue weighted by Gasteiger charge is -2.10. The predicted octanol–water partition coefficient (Wildman–Crippen LogP) is 9.02. The minimum Gasteiger partial charge on any atom is -0.354 e. The van der Waals surface area contributed by atoms with Gasteiger partial charge >= 0.3 is 0 Å². The Labute approximate surface area is 230 Å². The smallest absolute Gasteiger partial charge is 0.151 e. The molecule has 8 aromatic rings. The van der Waals surface area contributed by atoms with E-state index >= 15 is 0 Å². The van der Waals surface area contributed by atoms with Gasteiger partial charge in [0.05, 0.1) is 11.0 Å². The second kappa shape index (κ2) is 8.79. The summed E-state index contributed by atoms with van der Waals surface area (Å²) in [5, 5.41) is 15.6. The summed E-state index contributed by atoms with van der Waals surface area (Å²) in [6, 6.07) is 44.3. The zero-order valence-corrected chi connectivity index (χ0v) is 21.6. The van der Waals surface area contributed by atoms with Crippen LogP contribution in [0.3, 0.4) is 0 Å². The van der Waals surface area contributed by atoms with Crippen molar-refractivity contribution in [3.8, 4) is 5.69 Å². The Morgan fingerprint density at radius 2 is 1.35 bits per heavy atom. The fraction of sp³-hybridized carbons (Fsp3) is 0. The highest BCUT2D eigenvalue weighted by molar-refractivity contribution is 6.18. The van der Waals surface area contributed by atoms with Gasteiger partial charge in [0.25, 0.3) is 0 Å². The van der Waals surface area contributed by atoms with Gasteiger partial charge < -0.3 is 9.55 Å². The van der Waals surface area contributed by atoms with Crippen LogP contribution >= 0.6 is 0 Å². The Bertz CT molecular complexity index is 2280. The first-order chi connectivity index (χ1) is 19.7. The molecule has 0 unspecified atom stereocenters. The average molecular weight is 513 g/mol. The van der Waals surface area contributed by atoms with Gasteiger partial charge in [-0.05, 0) is 58.8 Å². The van der Waals surface area contributed by atoms with Crippen LogP contribution in [0.2, 0.25) is 0 Å². The SMILES string of the molecule is N=C(/N=C/c1ccc2cc(-n3c4ccccc4c4cc5c(cc43)[nH]c3ccccc35)ccc2c1)c1ccccc1. The zero-order valence-electron chi connectivity index (χ0n) is 21.6. The predicted molar refractivity (Wildman–Crippen MR) is 169 cm³/mol. The molecular weight excluding hydrogens is 488 g/mol. The first kappa shape index (κ1) is 22.5. The summed E-state index contributed by atoms with van der Waals surface area (Å²) in [6.07, 6.45) is 1.77. The Balaban J connectivity index is 1.25. The molecule has 0 saturated heterocycles. The largest absolute Gasteiger partial charge is 0.354 e. The summed E-state index contributed by atoms with van der Waals surface area (Å²) in [4.78, 5) is 8.01. The first-order valence-corrected chi connectivity index (χ1v) is 13.4. The van der Waals surface area contributed by atoms with Gasteiger partial charge in [0, 0.05) is 50.0 Å². The molecule has 0 fully saturated rings. The summed E-state index contributed by atoms with van der Waals surface area (Å²) in [5.41, 5.74) is 7.58. The van der Waals surface area contributed by atoms with Crippen LogP contribution in [0.25, 0.3) is 60.1 Å². The van der Waals surface area contributed by atoms with Gasteiger partial charge in [-0.1, -0.05) is 84.9 Å². The maximum Gasteiger partial charge on any atom is 0.151 e. The topological polar surface area (TPSA) is 56.9 Å². The van der Waals surface area contributed by atoms with Crippen molar-refractivity contribution in [2.24, 2.45) is 4.99 Å². The molecule has 2 N–H and O–H groups in total. The number of nitrogens with one attached hydrogen (secondary N) is 2. The number of aliphatic imine (C=N–C) groups is 1. The minimum absolute atomic E-state index is 0.256. The number of aromatic nitrogens is 2. The Morgan fingerprint density at radius 1 is 0.600 bits per heavy atom. The summed E-state index contributed by atoms with van der Waals surface area (Å²) >= 11 is 0. The molecular formula is C36H24N4. The normalized spacial score (nSPS) is 12.0. The van der Waals surface area contributed by atoms with Crippen molar-refractivity contribution in [3.63, 3.8) is 0 Å². The Morgan fingerprint density at radius 3 is 2.25 bits per heavy atom. The highest BCUT2D eigenvalue weighted by Crippen LogP contribution is 2.37. The number of fused-ring (bicyclic) bond motifs is 7. The molecule has 0 saturated carbocycles. The molecule has 2 heterocycles. The van der Waals surface area contributed by atoms with E-state index in [1.807, 2.05) is 30.3 Å². The van der Waals surface area contributed by atoms with Gasteiger partial charge in [0.1, 0.15) is 0 Å². The Hall–Kier alpha value is -5.48. The number of rotatable bonds is 3. The highest BCUT2D eigenvalue weighted by Gasteiger charge is 2.15. The van der Waals surface area contributed by atoms with Crippen LogP contribution in [0.5, 0.6) is 0 Å². The molecule has 0 spiro atoms. The third-order valence-electron chi connectivity index (χ3n) is 7.79. The molecule has 188 valence electrons.